The molecule has 2 aromatic carbocycles. The van der Waals surface area contributed by atoms with E-state index < -0.39 is 29.6 Å². The van der Waals surface area contributed by atoms with Crippen LogP contribution in [0.5, 0.6) is 0 Å². The van der Waals surface area contributed by atoms with Crippen molar-refractivity contribution in [1.82, 2.24) is 10.6 Å². The summed E-state index contributed by atoms with van der Waals surface area (Å²) in [5, 5.41) is 7.38. The van der Waals surface area contributed by atoms with Crippen molar-refractivity contribution in [3.63, 3.8) is 0 Å². The summed E-state index contributed by atoms with van der Waals surface area (Å²) in [7, 11) is 0. The number of amides is 3. The Kier molecular flexibility index (Phi) is 7.69. The van der Waals surface area contributed by atoms with Crippen molar-refractivity contribution < 1.29 is 18.8 Å². The molecule has 1 aliphatic carbocycles. The lowest BCUT2D eigenvalue weighted by molar-refractivity contribution is -0.139. The molecule has 2 N–H and O–H groups in total. The molecule has 0 saturated heterocycles. The number of hydrogen-bond acceptors (Lipinski definition) is 4. The molecule has 1 aliphatic rings. The van der Waals surface area contributed by atoms with Crippen molar-refractivity contribution in [3.05, 3.63) is 88.4 Å². The minimum Gasteiger partial charge on any atom is -0.350 e. The van der Waals surface area contributed by atoms with Crippen LogP contribution in [0.2, 0.25) is 0 Å². The molecule has 0 bridgehead atoms. The number of rotatable bonds is 7. The number of nitrogens with zero attached hydrogens (tertiary/aromatic N) is 1. The standard InChI is InChI=1S/C26H26FN3O3S/c27-20-13-6-7-14-21(20)30(26(33)25(32)29-19-11-4-5-12-19)23(22-15-8-16-34-22)24(31)28-17-18-9-2-1-3-10-18/h1-3,6-10,13-16,19,23H,4-5,11-12,17H2,(H,28,31)(H,29,32). The largest absolute Gasteiger partial charge is 0.350 e. The molecule has 1 aromatic heterocycles. The first kappa shape index (κ1) is 23.6. The quantitative estimate of drug-likeness (QED) is 0.495. The van der Waals surface area contributed by atoms with Crippen molar-refractivity contribution in [2.24, 2.45) is 0 Å². The molecule has 0 spiro atoms. The number of hydrogen-bond donors (Lipinski definition) is 2. The summed E-state index contributed by atoms with van der Waals surface area (Å²) in [5.41, 5.74) is 0.755. The van der Waals surface area contributed by atoms with Gasteiger partial charge in [-0.1, -0.05) is 61.4 Å². The van der Waals surface area contributed by atoms with Gasteiger partial charge in [0.05, 0.1) is 5.69 Å². The van der Waals surface area contributed by atoms with Crippen LogP contribution in [0.25, 0.3) is 0 Å². The van der Waals surface area contributed by atoms with Gasteiger partial charge >= 0.3 is 11.8 Å². The number of nitrogens with one attached hydrogen (secondary N) is 2. The van der Waals surface area contributed by atoms with E-state index in [2.05, 4.69) is 10.6 Å². The fourth-order valence-electron chi connectivity index (χ4n) is 4.14. The molecular formula is C26H26FN3O3S. The summed E-state index contributed by atoms with van der Waals surface area (Å²) in [5.74, 6) is -3.00. The van der Waals surface area contributed by atoms with Gasteiger partial charge in [-0.2, -0.15) is 0 Å². The monoisotopic (exact) mass is 479 g/mol. The van der Waals surface area contributed by atoms with Gasteiger partial charge in [-0.3, -0.25) is 19.3 Å². The topological polar surface area (TPSA) is 78.5 Å². The summed E-state index contributed by atoms with van der Waals surface area (Å²) >= 11 is 1.26. The maximum Gasteiger partial charge on any atom is 0.317 e. The van der Waals surface area contributed by atoms with Crippen LogP contribution in [0.15, 0.2) is 72.1 Å². The normalized spacial score (nSPS) is 14.4. The highest BCUT2D eigenvalue weighted by Crippen LogP contribution is 2.32. The molecule has 8 heteroatoms. The third-order valence-electron chi connectivity index (χ3n) is 5.84. The van der Waals surface area contributed by atoms with E-state index in [1.165, 1.54) is 29.5 Å². The third kappa shape index (κ3) is 5.51. The first-order valence-electron chi connectivity index (χ1n) is 11.3. The van der Waals surface area contributed by atoms with Gasteiger partial charge in [0, 0.05) is 17.5 Å². The highest BCUT2D eigenvalue weighted by Gasteiger charge is 2.38. The number of para-hydroxylation sites is 1. The lowest BCUT2D eigenvalue weighted by atomic mass is 10.1. The van der Waals surface area contributed by atoms with E-state index in [1.807, 2.05) is 30.3 Å². The van der Waals surface area contributed by atoms with E-state index >= 15 is 0 Å². The molecule has 1 saturated carbocycles. The van der Waals surface area contributed by atoms with E-state index in [4.69, 9.17) is 0 Å². The molecule has 0 aliphatic heterocycles. The average molecular weight is 480 g/mol. The second-order valence-electron chi connectivity index (χ2n) is 8.20. The minimum atomic E-state index is -1.21. The predicted molar refractivity (Wildman–Crippen MR) is 130 cm³/mol. The Hall–Kier alpha value is -3.52. The molecule has 1 atom stereocenters. The predicted octanol–water partition coefficient (Wildman–Crippen LogP) is 4.34. The van der Waals surface area contributed by atoms with Crippen molar-refractivity contribution >= 4 is 34.7 Å². The van der Waals surface area contributed by atoms with E-state index in [0.29, 0.717) is 4.88 Å². The van der Waals surface area contributed by atoms with Crippen LogP contribution in [-0.4, -0.2) is 23.8 Å². The second kappa shape index (κ2) is 11.1. The number of anilines is 1. The fraction of sp³-hybridized carbons (Fsp3) is 0.269. The summed E-state index contributed by atoms with van der Waals surface area (Å²) in [4.78, 5) is 41.4. The van der Waals surface area contributed by atoms with Gasteiger partial charge in [0.2, 0.25) is 5.91 Å². The number of benzene rings is 2. The number of carbonyl (C=O) groups is 3. The SMILES string of the molecule is O=C(NC1CCCC1)C(=O)N(c1ccccc1F)C(C(=O)NCc1ccccc1)c1cccs1. The van der Waals surface area contributed by atoms with Crippen LogP contribution < -0.4 is 15.5 Å². The van der Waals surface area contributed by atoms with Crippen LogP contribution in [0.1, 0.15) is 42.2 Å². The molecule has 4 rings (SSSR count). The highest BCUT2D eigenvalue weighted by molar-refractivity contribution is 7.10. The third-order valence-corrected chi connectivity index (χ3v) is 6.77. The van der Waals surface area contributed by atoms with Crippen LogP contribution in [0, 0.1) is 5.82 Å². The van der Waals surface area contributed by atoms with Crippen LogP contribution in [0.3, 0.4) is 0 Å². The summed E-state index contributed by atoms with van der Waals surface area (Å²) < 4.78 is 14.9. The first-order chi connectivity index (χ1) is 16.5. The van der Waals surface area contributed by atoms with Gasteiger partial charge < -0.3 is 10.6 Å². The maximum absolute atomic E-state index is 14.9. The zero-order valence-corrected chi connectivity index (χ0v) is 19.4. The van der Waals surface area contributed by atoms with E-state index in [9.17, 15) is 18.8 Å². The lowest BCUT2D eigenvalue weighted by Crippen LogP contribution is -2.51. The molecule has 1 heterocycles. The average Bonchev–Trinajstić information content (AvgIpc) is 3.56. The summed E-state index contributed by atoms with van der Waals surface area (Å²) in [6.07, 6.45) is 3.56. The van der Waals surface area contributed by atoms with E-state index in [0.717, 1.165) is 36.1 Å². The minimum absolute atomic E-state index is 0.0917. The van der Waals surface area contributed by atoms with Crippen LogP contribution >= 0.6 is 11.3 Å². The molecular weight excluding hydrogens is 453 g/mol. The molecule has 1 unspecified atom stereocenters. The summed E-state index contributed by atoms with van der Waals surface area (Å²) in [6.45, 7) is 0.231. The Morgan fingerprint density at radius 1 is 0.971 bits per heavy atom. The highest BCUT2D eigenvalue weighted by atomic mass is 32.1. The van der Waals surface area contributed by atoms with Crippen LogP contribution in [0.4, 0.5) is 10.1 Å². The van der Waals surface area contributed by atoms with Gasteiger partial charge in [0.15, 0.2) is 6.04 Å². The number of carbonyl (C=O) groups excluding carboxylic acids is 3. The van der Waals surface area contributed by atoms with Crippen molar-refractivity contribution in [2.75, 3.05) is 4.90 Å². The van der Waals surface area contributed by atoms with Crippen LogP contribution in [-0.2, 0) is 20.9 Å². The molecule has 34 heavy (non-hydrogen) atoms. The Morgan fingerprint density at radius 3 is 2.35 bits per heavy atom. The molecule has 6 nitrogen and oxygen atoms in total. The van der Waals surface area contributed by atoms with E-state index in [-0.39, 0.29) is 18.3 Å². The Bertz CT molecular complexity index is 1130. The van der Waals surface area contributed by atoms with Gasteiger partial charge in [-0.15, -0.1) is 11.3 Å². The number of halogens is 1. The Morgan fingerprint density at radius 2 is 1.68 bits per heavy atom. The van der Waals surface area contributed by atoms with Gasteiger partial charge in [-0.05, 0) is 42.0 Å². The van der Waals surface area contributed by atoms with Crippen molar-refractivity contribution in [1.29, 1.82) is 0 Å². The molecule has 3 aromatic rings. The Labute approximate surface area is 201 Å². The van der Waals surface area contributed by atoms with Gasteiger partial charge in [0.25, 0.3) is 0 Å². The lowest BCUT2D eigenvalue weighted by Gasteiger charge is -2.30. The molecule has 176 valence electrons. The zero-order chi connectivity index (χ0) is 23.9. The molecule has 1 fully saturated rings. The molecule has 3 amide bonds. The second-order valence-corrected chi connectivity index (χ2v) is 9.18. The fourth-order valence-corrected chi connectivity index (χ4v) is 4.95. The number of thiophene rings is 1. The van der Waals surface area contributed by atoms with Crippen molar-refractivity contribution in [2.45, 2.75) is 44.3 Å². The summed E-state index contributed by atoms with van der Waals surface area (Å²) in [6, 6.07) is 17.2. The smallest absolute Gasteiger partial charge is 0.317 e. The van der Waals surface area contributed by atoms with Gasteiger partial charge in [-0.25, -0.2) is 4.39 Å². The molecule has 0 radical (unpaired) electrons. The Balaban J connectivity index is 1.67. The maximum atomic E-state index is 14.9. The van der Waals surface area contributed by atoms with Crippen molar-refractivity contribution in [3.8, 4) is 0 Å². The van der Waals surface area contributed by atoms with Gasteiger partial charge in [0.1, 0.15) is 5.82 Å². The first-order valence-corrected chi connectivity index (χ1v) is 12.2. The zero-order valence-electron chi connectivity index (χ0n) is 18.6. The van der Waals surface area contributed by atoms with E-state index in [1.54, 1.807) is 23.6 Å².